The van der Waals surface area contributed by atoms with Crippen molar-refractivity contribution in [1.82, 2.24) is 16.0 Å². The molecule has 22 atom stereocenters. The van der Waals surface area contributed by atoms with Crippen molar-refractivity contribution >= 4 is 48.8 Å². The Morgan fingerprint density at radius 3 is 0.902 bits per heavy atom. The first kappa shape index (κ1) is 94.5. The molecule has 3 saturated heterocycles. The number of amides is 3. The zero-order valence-electron chi connectivity index (χ0n) is 59.1. The van der Waals surface area contributed by atoms with Gasteiger partial charge in [-0.05, 0) is 51.4 Å². The lowest BCUT2D eigenvalue weighted by Gasteiger charge is -2.42. The first-order valence-electron chi connectivity index (χ1n) is 35.3. The molecular weight excluding hydrogens is 1440 g/mol. The van der Waals surface area contributed by atoms with Crippen molar-refractivity contribution in [2.75, 3.05) is 79.3 Å². The van der Waals surface area contributed by atoms with E-state index in [9.17, 15) is 103 Å². The molecule has 0 aromatic heterocycles. The van der Waals surface area contributed by atoms with Crippen molar-refractivity contribution in [2.24, 2.45) is 0 Å². The van der Waals surface area contributed by atoms with Gasteiger partial charge in [-0.3, -0.25) is 46.1 Å². The molecule has 0 saturated carbocycles. The third-order valence-corrected chi connectivity index (χ3v) is 20.7. The third-order valence-electron chi connectivity index (χ3n) is 16.9. The average Bonchev–Trinajstić information content (AvgIpc) is 0.824. The Labute approximate surface area is 596 Å². The number of ether oxygens (including phenoxy) is 6. The number of hydrogen-bond acceptors (Lipinski definition) is 30. The number of carbonyl (C=O) groups is 3. The van der Waals surface area contributed by atoms with Crippen LogP contribution >= 0.6 is 31.1 Å². The van der Waals surface area contributed by atoms with Crippen molar-refractivity contribution < 1.29 is 163 Å². The van der Waals surface area contributed by atoms with Crippen LogP contribution in [0.2, 0.25) is 0 Å². The van der Waals surface area contributed by atoms with Gasteiger partial charge in [0.25, 0.3) is 0 Å². The summed E-state index contributed by atoms with van der Waals surface area (Å²) in [6.45, 7) is 0.911. The molecule has 102 heavy (non-hydrogen) atoms. The second-order valence-electron chi connectivity index (χ2n) is 25.9. The Balaban J connectivity index is 1.63. The van der Waals surface area contributed by atoms with E-state index in [0.29, 0.717) is 128 Å². The molecule has 17 N–H and O–H groups in total. The highest BCUT2D eigenvalue weighted by Crippen LogP contribution is 2.51. The van der Waals surface area contributed by atoms with E-state index in [-0.39, 0.29) is 58.7 Å². The number of unbranched alkanes of at least 4 members (excludes halogenated alkanes) is 18. The quantitative estimate of drug-likeness (QED) is 0.0306. The molecule has 0 bridgehead atoms. The van der Waals surface area contributed by atoms with Crippen LogP contribution in [0.1, 0.15) is 181 Å². The fourth-order valence-electron chi connectivity index (χ4n) is 11.5. The van der Waals surface area contributed by atoms with Gasteiger partial charge in [0.2, 0.25) is 17.7 Å². The van der Waals surface area contributed by atoms with Crippen molar-refractivity contribution in [2.45, 2.75) is 292 Å². The van der Waals surface area contributed by atoms with Crippen LogP contribution in [0.5, 0.6) is 0 Å². The SMILES string of the molecule is CC(=O)NC1C(OCCCCCCCCC(CO)OP(=O)(O)OCC(CCCCCCCCOC2OC(CO)C(O)C(O)C2NC(C)=O)OP(=O)(O)OCC(CCCCCCCCOC2OC(CO)C(O)C(O)C2NC(C)=O)OP(=O)(O)OCCCCCCOP(C)(=O)O)OC(CO)C(O)C1O. The first-order chi connectivity index (χ1) is 48.3. The summed E-state index contributed by atoms with van der Waals surface area (Å²) in [4.78, 5) is 77.7. The van der Waals surface area contributed by atoms with Gasteiger partial charge in [-0.1, -0.05) is 109 Å². The van der Waals surface area contributed by atoms with Gasteiger partial charge in [-0.15, -0.1) is 0 Å². The number of phosphoric ester groups is 3. The Bertz CT molecular complexity index is 2500. The standard InChI is InChI=1S/C61H119N3O34P4/c1-41(69)62-50-56(75)53(72)47(36-66)93-59(50)86-30-22-14-8-5-11-19-27-44(35-65)96-101(82,83)91-40-46(29-21-13-7-10-16-24-32-88-61-52(64-43(3)71)58(77)55(74)49(38-68)95-61)98-102(84,85)92-39-45(97-100(80,81)90-34-26-18-17-25-33-89-99(4,78)79)28-20-12-6-9-15-23-31-87-60-51(63-42(2)70)57(76)54(73)48(37-67)94-60/h44-61,65-68,72-77H,5-40H2,1-4H3,(H,62,69)(H,63,70)(H,64,71)(H,78,79)(H,80,81)(H,82,83)(H,84,85). The van der Waals surface area contributed by atoms with Gasteiger partial charge < -0.3 is 120 Å². The summed E-state index contributed by atoms with van der Waals surface area (Å²) in [5.74, 6) is -1.49. The fourth-order valence-corrected chi connectivity index (χ4v) is 14.8. The van der Waals surface area contributed by atoms with Gasteiger partial charge in [0, 0.05) is 47.3 Å². The van der Waals surface area contributed by atoms with Gasteiger partial charge >= 0.3 is 31.1 Å². The van der Waals surface area contributed by atoms with Gasteiger partial charge in [0.15, 0.2) is 18.9 Å². The predicted molar refractivity (Wildman–Crippen MR) is 360 cm³/mol. The van der Waals surface area contributed by atoms with E-state index in [4.69, 9.17) is 60.1 Å². The summed E-state index contributed by atoms with van der Waals surface area (Å²) in [6, 6.07) is -3.28. The van der Waals surface area contributed by atoms with Crippen LogP contribution in [-0.2, 0) is 92.7 Å². The van der Waals surface area contributed by atoms with Crippen LogP contribution in [0, 0.1) is 0 Å². The van der Waals surface area contributed by atoms with E-state index in [2.05, 4.69) is 16.0 Å². The number of aliphatic hydroxyl groups is 10. The number of aliphatic hydroxyl groups excluding tert-OH is 10. The van der Waals surface area contributed by atoms with Gasteiger partial charge in [-0.2, -0.15) is 0 Å². The molecule has 3 heterocycles. The molecule has 0 aliphatic carbocycles. The molecule has 0 radical (unpaired) electrons. The highest BCUT2D eigenvalue weighted by atomic mass is 31.2. The molecule has 0 aromatic carbocycles. The first-order valence-corrected chi connectivity index (χ1v) is 41.8. The smallest absolute Gasteiger partial charge is 0.394 e. The molecule has 602 valence electrons. The van der Waals surface area contributed by atoms with Crippen LogP contribution in [0.4, 0.5) is 0 Å². The Morgan fingerprint density at radius 2 is 0.618 bits per heavy atom. The molecule has 22 unspecified atom stereocenters. The molecule has 3 aliphatic heterocycles. The lowest BCUT2D eigenvalue weighted by molar-refractivity contribution is -0.270. The predicted octanol–water partition coefficient (Wildman–Crippen LogP) is 1.95. The van der Waals surface area contributed by atoms with E-state index >= 15 is 0 Å². The van der Waals surface area contributed by atoms with E-state index in [1.165, 1.54) is 20.8 Å². The van der Waals surface area contributed by atoms with Crippen LogP contribution in [0.15, 0.2) is 0 Å². The van der Waals surface area contributed by atoms with Gasteiger partial charge in [-0.25, -0.2) is 13.7 Å². The Hall–Kier alpha value is -1.75. The van der Waals surface area contributed by atoms with Crippen molar-refractivity contribution in [3.8, 4) is 0 Å². The number of nitrogens with one attached hydrogen (secondary N) is 3. The molecule has 0 spiro atoms. The van der Waals surface area contributed by atoms with Gasteiger partial charge in [0.1, 0.15) is 73.1 Å². The van der Waals surface area contributed by atoms with Crippen LogP contribution in [-0.4, -0.2) is 278 Å². The van der Waals surface area contributed by atoms with E-state index in [1.807, 2.05) is 0 Å². The molecule has 3 fully saturated rings. The van der Waals surface area contributed by atoms with Crippen LogP contribution < -0.4 is 16.0 Å². The maximum atomic E-state index is 13.8. The minimum absolute atomic E-state index is 0.00945. The summed E-state index contributed by atoms with van der Waals surface area (Å²) in [5.41, 5.74) is 0. The molecular formula is C61H119N3O34P4. The van der Waals surface area contributed by atoms with Crippen molar-refractivity contribution in [3.63, 3.8) is 0 Å². The van der Waals surface area contributed by atoms with Crippen LogP contribution in [0.3, 0.4) is 0 Å². The largest absolute Gasteiger partial charge is 0.472 e. The monoisotopic (exact) mass is 1560 g/mol. The summed E-state index contributed by atoms with van der Waals surface area (Å²) < 4.78 is 123. The zero-order chi connectivity index (χ0) is 75.9. The molecule has 3 amide bonds. The average molecular weight is 1560 g/mol. The number of phosphoric acid groups is 3. The molecule has 3 rings (SSSR count). The van der Waals surface area contributed by atoms with Crippen LogP contribution in [0.25, 0.3) is 0 Å². The second-order valence-corrected chi connectivity index (χ2v) is 32.0. The third kappa shape index (κ3) is 39.1. The van der Waals surface area contributed by atoms with Gasteiger partial charge in [0.05, 0.1) is 71.2 Å². The fraction of sp³-hybridized carbons (Fsp3) is 0.951. The molecule has 0 aromatic rings. The zero-order valence-corrected chi connectivity index (χ0v) is 62.6. The highest BCUT2D eigenvalue weighted by Gasteiger charge is 2.48. The number of rotatable bonds is 58. The Kier molecular flexibility index (Phi) is 47.1. The molecule has 37 nitrogen and oxygen atoms in total. The lowest BCUT2D eigenvalue weighted by atomic mass is 9.97. The van der Waals surface area contributed by atoms with Crippen molar-refractivity contribution in [3.05, 3.63) is 0 Å². The number of hydrogen-bond donors (Lipinski definition) is 17. The maximum absolute atomic E-state index is 13.8. The summed E-state index contributed by atoms with van der Waals surface area (Å²) in [6.07, 6.45) is -7.36. The summed E-state index contributed by atoms with van der Waals surface area (Å²) in [7, 11) is -18.7. The normalized spacial score (nSPS) is 28.8. The topological polar surface area (TPSA) is 559 Å². The Morgan fingerprint density at radius 1 is 0.363 bits per heavy atom. The minimum atomic E-state index is -5.18. The lowest BCUT2D eigenvalue weighted by Crippen LogP contribution is -2.64. The molecule has 41 heteroatoms. The highest BCUT2D eigenvalue weighted by molar-refractivity contribution is 7.51. The summed E-state index contributed by atoms with van der Waals surface area (Å²) in [5, 5.41) is 109. The van der Waals surface area contributed by atoms with Crippen molar-refractivity contribution in [1.29, 1.82) is 0 Å². The van der Waals surface area contributed by atoms with E-state index in [1.54, 1.807) is 0 Å². The number of carbonyl (C=O) groups excluding carboxylic acids is 3. The van der Waals surface area contributed by atoms with E-state index < -0.39 is 199 Å². The second kappa shape index (κ2) is 50.9. The van der Waals surface area contributed by atoms with E-state index in [0.717, 1.165) is 13.1 Å². The summed E-state index contributed by atoms with van der Waals surface area (Å²) >= 11 is 0. The maximum Gasteiger partial charge on any atom is 0.472 e. The minimum Gasteiger partial charge on any atom is -0.394 e. The molecule has 3 aliphatic rings.